The van der Waals surface area contributed by atoms with Gasteiger partial charge in [0.1, 0.15) is 12.0 Å². The molecule has 3 rings (SSSR count). The van der Waals surface area contributed by atoms with Gasteiger partial charge in [0, 0.05) is 17.8 Å². The van der Waals surface area contributed by atoms with Gasteiger partial charge in [0.25, 0.3) is 0 Å². The van der Waals surface area contributed by atoms with Gasteiger partial charge in [0.15, 0.2) is 17.4 Å². The van der Waals surface area contributed by atoms with Crippen LogP contribution in [0, 0.1) is 0 Å². The Morgan fingerprint density at radius 3 is 2.62 bits per heavy atom. The van der Waals surface area contributed by atoms with E-state index in [2.05, 4.69) is 26.7 Å². The Labute approximate surface area is 153 Å². The first-order valence-corrected chi connectivity index (χ1v) is 9.04. The van der Waals surface area contributed by atoms with E-state index in [9.17, 15) is 4.79 Å². The predicted octanol–water partition coefficient (Wildman–Crippen LogP) is 4.31. The van der Waals surface area contributed by atoms with Gasteiger partial charge in [-0.3, -0.25) is 4.79 Å². The Balaban J connectivity index is 1.62. The topological polar surface area (TPSA) is 92.9 Å². The highest BCUT2D eigenvalue weighted by atomic mass is 16.1. The lowest BCUT2D eigenvalue weighted by Crippen LogP contribution is -2.10. The maximum absolute atomic E-state index is 11.4. The van der Waals surface area contributed by atoms with Crippen LogP contribution in [-0.4, -0.2) is 22.3 Å². The SMILES string of the molecule is CC(=O)c1ccc(Nc2ncnc(NCCC3=CCCCC3)c2N)cc1. The molecule has 136 valence electrons. The Morgan fingerprint density at radius 2 is 1.92 bits per heavy atom. The second-order valence-electron chi connectivity index (χ2n) is 6.53. The van der Waals surface area contributed by atoms with Gasteiger partial charge < -0.3 is 16.4 Å². The minimum Gasteiger partial charge on any atom is -0.393 e. The van der Waals surface area contributed by atoms with Gasteiger partial charge in [-0.25, -0.2) is 9.97 Å². The van der Waals surface area contributed by atoms with Crippen LogP contribution in [0.4, 0.5) is 23.0 Å². The molecule has 1 aliphatic carbocycles. The molecule has 0 fully saturated rings. The molecular weight excluding hydrogens is 326 g/mol. The number of nitrogens with two attached hydrogens (primary N) is 1. The summed E-state index contributed by atoms with van der Waals surface area (Å²) in [4.78, 5) is 19.8. The molecule has 0 aliphatic heterocycles. The standard InChI is InChI=1S/C20H25N5O/c1-14(26)16-7-9-17(10-8-16)25-20-18(21)19(23-13-24-20)22-12-11-15-5-3-2-4-6-15/h5,7-10,13H,2-4,6,11-12,21H2,1H3,(H2,22,23,24,25). The molecule has 1 aromatic heterocycles. The molecule has 0 unspecified atom stereocenters. The van der Waals surface area contributed by atoms with E-state index >= 15 is 0 Å². The van der Waals surface area contributed by atoms with E-state index in [1.54, 1.807) is 19.1 Å². The van der Waals surface area contributed by atoms with Crippen LogP contribution in [0.15, 0.2) is 42.2 Å². The van der Waals surface area contributed by atoms with Gasteiger partial charge in [-0.05, 0) is 63.3 Å². The zero-order chi connectivity index (χ0) is 18.4. The lowest BCUT2D eigenvalue weighted by molar-refractivity contribution is 0.101. The molecule has 0 saturated carbocycles. The number of nitrogens with zero attached hydrogens (tertiary/aromatic N) is 2. The smallest absolute Gasteiger partial charge is 0.159 e. The van der Waals surface area contributed by atoms with Crippen LogP contribution >= 0.6 is 0 Å². The number of carbonyl (C=O) groups is 1. The third-order valence-corrected chi connectivity index (χ3v) is 4.56. The van der Waals surface area contributed by atoms with E-state index in [1.165, 1.54) is 37.6 Å². The highest BCUT2D eigenvalue weighted by Gasteiger charge is 2.09. The van der Waals surface area contributed by atoms with Crippen molar-refractivity contribution in [3.63, 3.8) is 0 Å². The van der Waals surface area contributed by atoms with Crippen molar-refractivity contribution in [3.8, 4) is 0 Å². The number of rotatable bonds is 7. The second-order valence-corrected chi connectivity index (χ2v) is 6.53. The Kier molecular flexibility index (Phi) is 5.84. The average Bonchev–Trinajstić information content (AvgIpc) is 2.66. The van der Waals surface area contributed by atoms with Crippen molar-refractivity contribution in [2.75, 3.05) is 22.9 Å². The van der Waals surface area contributed by atoms with Crippen molar-refractivity contribution in [2.45, 2.75) is 39.0 Å². The first kappa shape index (κ1) is 17.9. The molecule has 0 amide bonds. The van der Waals surface area contributed by atoms with E-state index in [-0.39, 0.29) is 5.78 Å². The van der Waals surface area contributed by atoms with Crippen molar-refractivity contribution >= 4 is 28.8 Å². The third-order valence-electron chi connectivity index (χ3n) is 4.56. The second kappa shape index (κ2) is 8.47. The monoisotopic (exact) mass is 351 g/mol. The number of carbonyl (C=O) groups excluding carboxylic acids is 1. The number of nitrogens with one attached hydrogen (secondary N) is 2. The average molecular weight is 351 g/mol. The Morgan fingerprint density at radius 1 is 1.15 bits per heavy atom. The number of anilines is 4. The lowest BCUT2D eigenvalue weighted by atomic mass is 9.97. The summed E-state index contributed by atoms with van der Waals surface area (Å²) in [7, 11) is 0. The number of aromatic nitrogens is 2. The van der Waals surface area contributed by atoms with Crippen LogP contribution in [0.1, 0.15) is 49.4 Å². The number of Topliss-reactive ketones (excluding diaryl/α,β-unsaturated/α-hetero) is 1. The minimum atomic E-state index is 0.0395. The predicted molar refractivity (Wildman–Crippen MR) is 106 cm³/mol. The zero-order valence-electron chi connectivity index (χ0n) is 15.1. The summed E-state index contributed by atoms with van der Waals surface area (Å²) in [6.45, 7) is 2.35. The van der Waals surface area contributed by atoms with E-state index in [1.807, 2.05) is 12.1 Å². The van der Waals surface area contributed by atoms with E-state index in [4.69, 9.17) is 5.73 Å². The zero-order valence-corrected chi connectivity index (χ0v) is 15.1. The number of hydrogen-bond acceptors (Lipinski definition) is 6. The maximum Gasteiger partial charge on any atom is 0.159 e. The molecule has 1 aliphatic rings. The fraction of sp³-hybridized carbons (Fsp3) is 0.350. The Hall–Kier alpha value is -2.89. The first-order valence-electron chi connectivity index (χ1n) is 9.04. The molecular formula is C20H25N5O. The molecule has 2 aromatic rings. The normalized spacial score (nSPS) is 13.8. The lowest BCUT2D eigenvalue weighted by Gasteiger charge is -2.15. The number of ketones is 1. The molecule has 0 atom stereocenters. The summed E-state index contributed by atoms with van der Waals surface area (Å²) in [6, 6.07) is 7.22. The van der Waals surface area contributed by atoms with Crippen LogP contribution in [-0.2, 0) is 0 Å². The van der Waals surface area contributed by atoms with Crippen molar-refractivity contribution in [3.05, 3.63) is 47.8 Å². The quantitative estimate of drug-likeness (QED) is 0.508. The van der Waals surface area contributed by atoms with Crippen LogP contribution in [0.5, 0.6) is 0 Å². The molecule has 0 spiro atoms. The van der Waals surface area contributed by atoms with Crippen molar-refractivity contribution in [1.82, 2.24) is 9.97 Å². The van der Waals surface area contributed by atoms with Gasteiger partial charge in [-0.2, -0.15) is 0 Å². The third kappa shape index (κ3) is 4.59. The molecule has 6 heteroatoms. The minimum absolute atomic E-state index is 0.0395. The summed E-state index contributed by atoms with van der Waals surface area (Å²) in [5, 5.41) is 6.49. The molecule has 6 nitrogen and oxygen atoms in total. The molecule has 0 bridgehead atoms. The maximum atomic E-state index is 11.4. The fourth-order valence-corrected chi connectivity index (χ4v) is 3.03. The van der Waals surface area contributed by atoms with Crippen LogP contribution in [0.25, 0.3) is 0 Å². The summed E-state index contributed by atoms with van der Waals surface area (Å²) in [5.41, 5.74) is 9.70. The van der Waals surface area contributed by atoms with Gasteiger partial charge in [0.2, 0.25) is 0 Å². The molecule has 0 saturated heterocycles. The molecule has 4 N–H and O–H groups in total. The van der Waals surface area contributed by atoms with E-state index in [0.29, 0.717) is 22.9 Å². The van der Waals surface area contributed by atoms with Gasteiger partial charge >= 0.3 is 0 Å². The van der Waals surface area contributed by atoms with Crippen LogP contribution in [0.2, 0.25) is 0 Å². The van der Waals surface area contributed by atoms with E-state index < -0.39 is 0 Å². The number of allylic oxidation sites excluding steroid dienone is 1. The van der Waals surface area contributed by atoms with Gasteiger partial charge in [-0.1, -0.05) is 11.6 Å². The molecule has 0 radical (unpaired) electrons. The molecule has 1 aromatic carbocycles. The van der Waals surface area contributed by atoms with Crippen molar-refractivity contribution in [2.24, 2.45) is 0 Å². The number of hydrogen-bond donors (Lipinski definition) is 3. The Bertz CT molecular complexity index is 798. The van der Waals surface area contributed by atoms with Crippen LogP contribution in [0.3, 0.4) is 0 Å². The highest BCUT2D eigenvalue weighted by Crippen LogP contribution is 2.26. The summed E-state index contributed by atoms with van der Waals surface area (Å²) >= 11 is 0. The summed E-state index contributed by atoms with van der Waals surface area (Å²) in [6.07, 6.45) is 9.84. The first-order chi connectivity index (χ1) is 12.6. The van der Waals surface area contributed by atoms with Gasteiger partial charge in [0.05, 0.1) is 0 Å². The summed E-state index contributed by atoms with van der Waals surface area (Å²) < 4.78 is 0. The molecule has 26 heavy (non-hydrogen) atoms. The van der Waals surface area contributed by atoms with Crippen molar-refractivity contribution < 1.29 is 4.79 Å². The number of benzene rings is 1. The highest BCUT2D eigenvalue weighted by molar-refractivity contribution is 5.94. The number of nitrogen functional groups attached to an aromatic ring is 1. The largest absolute Gasteiger partial charge is 0.393 e. The van der Waals surface area contributed by atoms with Crippen molar-refractivity contribution in [1.29, 1.82) is 0 Å². The molecule has 1 heterocycles. The van der Waals surface area contributed by atoms with E-state index in [0.717, 1.165) is 18.7 Å². The fourth-order valence-electron chi connectivity index (χ4n) is 3.03. The summed E-state index contributed by atoms with van der Waals surface area (Å²) in [5.74, 6) is 1.23. The van der Waals surface area contributed by atoms with Crippen LogP contribution < -0.4 is 16.4 Å². The van der Waals surface area contributed by atoms with Gasteiger partial charge in [-0.15, -0.1) is 0 Å².